The van der Waals surface area contributed by atoms with Crippen LogP contribution in [0.4, 0.5) is 0 Å². The number of rotatable bonds is 7. The Hall–Kier alpha value is -0.390. The van der Waals surface area contributed by atoms with E-state index >= 15 is 0 Å². The molecule has 18 heavy (non-hydrogen) atoms. The molecule has 0 amide bonds. The molecule has 1 heterocycles. The highest BCUT2D eigenvalue weighted by molar-refractivity contribution is 9.10. The lowest BCUT2D eigenvalue weighted by Gasteiger charge is -2.37. The van der Waals surface area contributed by atoms with Gasteiger partial charge in [0, 0.05) is 13.2 Å². The molecule has 1 aromatic heterocycles. The molecule has 0 aliphatic carbocycles. The number of halogens is 1. The Bertz CT molecular complexity index is 380. The maximum absolute atomic E-state index is 5.99. The van der Waals surface area contributed by atoms with Gasteiger partial charge in [-0.05, 0) is 50.2 Å². The van der Waals surface area contributed by atoms with Crippen LogP contribution in [-0.2, 0) is 11.3 Å². The van der Waals surface area contributed by atoms with E-state index in [1.54, 1.807) is 0 Å². The summed E-state index contributed by atoms with van der Waals surface area (Å²) >= 11 is 3.59. The van der Waals surface area contributed by atoms with E-state index in [1.165, 1.54) is 0 Å². The summed E-state index contributed by atoms with van der Waals surface area (Å²) in [5, 5.41) is 7.77. The molecule has 1 rings (SSSR count). The van der Waals surface area contributed by atoms with Crippen molar-refractivity contribution < 1.29 is 4.74 Å². The second kappa shape index (κ2) is 6.68. The van der Waals surface area contributed by atoms with E-state index in [0.717, 1.165) is 23.1 Å². The number of nitrogens with zero attached hydrogens (tertiary/aromatic N) is 2. The van der Waals surface area contributed by atoms with Crippen molar-refractivity contribution in [1.82, 2.24) is 15.1 Å². The van der Waals surface area contributed by atoms with Crippen molar-refractivity contribution >= 4 is 15.9 Å². The monoisotopic (exact) mass is 317 g/mol. The smallest absolute Gasteiger partial charge is 0.0861 e. The van der Waals surface area contributed by atoms with Crippen LogP contribution >= 0.6 is 15.9 Å². The third-order valence-corrected chi connectivity index (χ3v) is 4.09. The second-order valence-corrected chi connectivity index (χ2v) is 5.37. The molecule has 1 aromatic rings. The van der Waals surface area contributed by atoms with Crippen LogP contribution in [0.1, 0.15) is 45.9 Å². The van der Waals surface area contributed by atoms with Crippen LogP contribution in [0.15, 0.2) is 10.7 Å². The van der Waals surface area contributed by atoms with Gasteiger partial charge in [-0.3, -0.25) is 4.68 Å². The lowest BCUT2D eigenvalue weighted by Crippen LogP contribution is -2.43. The van der Waals surface area contributed by atoms with Crippen molar-refractivity contribution in [2.45, 2.75) is 52.3 Å². The number of hydrogen-bond donors (Lipinski definition) is 1. The van der Waals surface area contributed by atoms with Crippen LogP contribution in [0, 0.1) is 0 Å². The zero-order valence-corrected chi connectivity index (χ0v) is 13.5. The quantitative estimate of drug-likeness (QED) is 0.839. The summed E-state index contributed by atoms with van der Waals surface area (Å²) in [6.07, 6.45) is 2.79. The molecule has 0 fully saturated rings. The minimum absolute atomic E-state index is 0.110. The van der Waals surface area contributed by atoms with Gasteiger partial charge in [0.25, 0.3) is 0 Å². The van der Waals surface area contributed by atoms with Crippen LogP contribution in [0.5, 0.6) is 0 Å². The molecule has 104 valence electrons. The van der Waals surface area contributed by atoms with E-state index in [9.17, 15) is 0 Å². The topological polar surface area (TPSA) is 39.1 Å². The fraction of sp³-hybridized carbons (Fsp3) is 0.769. The summed E-state index contributed by atoms with van der Waals surface area (Å²) in [7, 11) is 1.97. The van der Waals surface area contributed by atoms with Gasteiger partial charge in [0.05, 0.1) is 28.0 Å². The summed E-state index contributed by atoms with van der Waals surface area (Å²) in [4.78, 5) is 0. The summed E-state index contributed by atoms with van der Waals surface area (Å²) in [5.41, 5.74) is 0.914. The minimum atomic E-state index is -0.237. The highest BCUT2D eigenvalue weighted by Crippen LogP contribution is 2.35. The van der Waals surface area contributed by atoms with Gasteiger partial charge in [-0.2, -0.15) is 5.10 Å². The number of aryl methyl sites for hydroxylation is 1. The Morgan fingerprint density at radius 3 is 2.61 bits per heavy atom. The fourth-order valence-corrected chi connectivity index (χ4v) is 2.89. The van der Waals surface area contributed by atoms with Crippen molar-refractivity contribution in [3.63, 3.8) is 0 Å². The molecule has 0 aliphatic rings. The van der Waals surface area contributed by atoms with Crippen LogP contribution in [0.3, 0.4) is 0 Å². The predicted molar refractivity (Wildman–Crippen MR) is 77.7 cm³/mol. The molecule has 0 saturated carbocycles. The highest BCUT2D eigenvalue weighted by Gasteiger charge is 2.36. The van der Waals surface area contributed by atoms with Gasteiger partial charge in [0.1, 0.15) is 0 Å². The van der Waals surface area contributed by atoms with Crippen LogP contribution in [-0.4, -0.2) is 29.0 Å². The van der Waals surface area contributed by atoms with Gasteiger partial charge in [-0.25, -0.2) is 0 Å². The van der Waals surface area contributed by atoms with Gasteiger partial charge < -0.3 is 10.1 Å². The SMILES string of the molecule is CCOC(C)(CC)C(NC)c1c(Br)cnn1CC. The average Bonchev–Trinajstić information content (AvgIpc) is 2.72. The molecule has 0 bridgehead atoms. The van der Waals surface area contributed by atoms with Crippen molar-refractivity contribution in [2.24, 2.45) is 0 Å². The maximum atomic E-state index is 5.99. The fourth-order valence-electron chi connectivity index (χ4n) is 2.36. The summed E-state index contributed by atoms with van der Waals surface area (Å²) in [6, 6.07) is 0.110. The molecule has 0 radical (unpaired) electrons. The first-order valence-corrected chi connectivity index (χ1v) is 7.35. The molecular formula is C13H24BrN3O. The lowest BCUT2D eigenvalue weighted by molar-refractivity contribution is -0.0567. The first-order chi connectivity index (χ1) is 8.53. The second-order valence-electron chi connectivity index (χ2n) is 4.51. The molecule has 2 unspecified atom stereocenters. The first-order valence-electron chi connectivity index (χ1n) is 6.56. The lowest BCUT2D eigenvalue weighted by atomic mass is 9.90. The Balaban J connectivity index is 3.18. The van der Waals surface area contributed by atoms with Crippen LogP contribution in [0.25, 0.3) is 0 Å². The van der Waals surface area contributed by atoms with E-state index in [0.29, 0.717) is 6.61 Å². The summed E-state index contributed by atoms with van der Waals surface area (Å²) < 4.78 is 9.03. The van der Waals surface area contributed by atoms with Crippen molar-refractivity contribution in [2.75, 3.05) is 13.7 Å². The van der Waals surface area contributed by atoms with Gasteiger partial charge >= 0.3 is 0 Å². The molecule has 2 atom stereocenters. The zero-order valence-electron chi connectivity index (χ0n) is 12.0. The summed E-state index contributed by atoms with van der Waals surface area (Å²) in [6.45, 7) is 10.00. The molecule has 4 nitrogen and oxygen atoms in total. The van der Waals surface area contributed by atoms with E-state index in [2.05, 4.69) is 47.1 Å². The molecule has 5 heteroatoms. The third kappa shape index (κ3) is 2.95. The molecule has 0 aliphatic heterocycles. The van der Waals surface area contributed by atoms with Crippen LogP contribution in [0.2, 0.25) is 0 Å². The van der Waals surface area contributed by atoms with Crippen molar-refractivity contribution in [1.29, 1.82) is 0 Å². The standard InChI is InChI=1S/C13H24BrN3O/c1-6-13(4,18-8-3)12(15-5)11-10(14)9-16-17(11)7-2/h9,12,15H,6-8H2,1-5H3. The Labute approximate surface area is 118 Å². The number of aromatic nitrogens is 2. The Morgan fingerprint density at radius 2 is 2.17 bits per heavy atom. The minimum Gasteiger partial charge on any atom is -0.374 e. The average molecular weight is 318 g/mol. The van der Waals surface area contributed by atoms with Crippen molar-refractivity contribution in [3.05, 3.63) is 16.4 Å². The van der Waals surface area contributed by atoms with Gasteiger partial charge in [-0.1, -0.05) is 6.92 Å². The van der Waals surface area contributed by atoms with Gasteiger partial charge in [0.15, 0.2) is 0 Å². The van der Waals surface area contributed by atoms with Gasteiger partial charge in [-0.15, -0.1) is 0 Å². The summed E-state index contributed by atoms with van der Waals surface area (Å²) in [5.74, 6) is 0. The molecule has 0 spiro atoms. The van der Waals surface area contributed by atoms with E-state index in [4.69, 9.17) is 4.74 Å². The highest BCUT2D eigenvalue weighted by atomic mass is 79.9. The van der Waals surface area contributed by atoms with Crippen molar-refractivity contribution in [3.8, 4) is 0 Å². The van der Waals surface area contributed by atoms with Crippen LogP contribution < -0.4 is 5.32 Å². The normalized spacial score (nSPS) is 16.6. The Kier molecular flexibility index (Phi) is 5.82. The van der Waals surface area contributed by atoms with E-state index < -0.39 is 0 Å². The molecule has 0 aromatic carbocycles. The Morgan fingerprint density at radius 1 is 1.50 bits per heavy atom. The first kappa shape index (κ1) is 15.7. The number of ether oxygens (including phenoxy) is 1. The van der Waals surface area contributed by atoms with Gasteiger partial charge in [0.2, 0.25) is 0 Å². The molecular weight excluding hydrogens is 294 g/mol. The molecule has 1 N–H and O–H groups in total. The van der Waals surface area contributed by atoms with E-state index in [-0.39, 0.29) is 11.6 Å². The number of likely N-dealkylation sites (N-methyl/N-ethyl adjacent to an activating group) is 1. The zero-order chi connectivity index (χ0) is 13.8. The third-order valence-electron chi connectivity index (χ3n) is 3.48. The number of nitrogens with one attached hydrogen (secondary N) is 1. The van der Waals surface area contributed by atoms with E-state index in [1.807, 2.05) is 24.9 Å². The largest absolute Gasteiger partial charge is 0.374 e. The molecule has 0 saturated heterocycles. The predicted octanol–water partition coefficient (Wildman–Crippen LogP) is 3.13. The number of hydrogen-bond acceptors (Lipinski definition) is 3. The maximum Gasteiger partial charge on any atom is 0.0861 e.